The standard InChI is InChI=1S/C22H14N2O/c23-15-18-10-11-19(24-13-12-16-6-4-5-9-21(16)24)14-20(18)22(25)17-7-2-1-3-8-17/h1-14H. The van der Waals surface area contributed by atoms with E-state index in [-0.39, 0.29) is 5.78 Å². The predicted molar refractivity (Wildman–Crippen MR) is 97.9 cm³/mol. The van der Waals surface area contributed by atoms with Crippen molar-refractivity contribution >= 4 is 16.7 Å². The van der Waals surface area contributed by atoms with E-state index in [0.29, 0.717) is 16.7 Å². The molecule has 0 bridgehead atoms. The van der Waals surface area contributed by atoms with Crippen LogP contribution in [-0.4, -0.2) is 10.4 Å². The Morgan fingerprint density at radius 2 is 1.64 bits per heavy atom. The maximum atomic E-state index is 12.9. The van der Waals surface area contributed by atoms with Crippen molar-refractivity contribution in [1.29, 1.82) is 5.26 Å². The van der Waals surface area contributed by atoms with Crippen molar-refractivity contribution in [3.8, 4) is 11.8 Å². The fourth-order valence-electron chi connectivity index (χ4n) is 3.02. The zero-order valence-electron chi connectivity index (χ0n) is 13.4. The fraction of sp³-hybridized carbons (Fsp3) is 0. The van der Waals surface area contributed by atoms with E-state index in [4.69, 9.17) is 0 Å². The summed E-state index contributed by atoms with van der Waals surface area (Å²) in [5, 5.41) is 10.5. The van der Waals surface area contributed by atoms with E-state index in [1.807, 2.05) is 65.4 Å². The van der Waals surface area contributed by atoms with Gasteiger partial charge in [-0.1, -0.05) is 48.5 Å². The van der Waals surface area contributed by atoms with Gasteiger partial charge in [0, 0.05) is 23.0 Å². The molecular formula is C22H14N2O. The average molecular weight is 322 g/mol. The molecule has 0 aliphatic rings. The molecule has 0 aliphatic carbocycles. The van der Waals surface area contributed by atoms with E-state index < -0.39 is 0 Å². The number of rotatable bonds is 3. The number of benzene rings is 3. The number of hydrogen-bond acceptors (Lipinski definition) is 2. The van der Waals surface area contributed by atoms with Crippen molar-refractivity contribution < 1.29 is 4.79 Å². The quantitative estimate of drug-likeness (QED) is 0.512. The van der Waals surface area contributed by atoms with E-state index in [1.165, 1.54) is 0 Å². The van der Waals surface area contributed by atoms with Crippen molar-refractivity contribution in [1.82, 2.24) is 4.57 Å². The molecule has 3 heteroatoms. The van der Waals surface area contributed by atoms with E-state index >= 15 is 0 Å². The molecular weight excluding hydrogens is 308 g/mol. The van der Waals surface area contributed by atoms with Crippen LogP contribution < -0.4 is 0 Å². The van der Waals surface area contributed by atoms with Gasteiger partial charge in [0.05, 0.1) is 17.1 Å². The highest BCUT2D eigenvalue weighted by Gasteiger charge is 2.15. The SMILES string of the molecule is N#Cc1ccc(-n2ccc3ccccc32)cc1C(=O)c1ccccc1. The largest absolute Gasteiger partial charge is 0.317 e. The van der Waals surface area contributed by atoms with Crippen LogP contribution in [0.3, 0.4) is 0 Å². The summed E-state index contributed by atoms with van der Waals surface area (Å²) in [6.45, 7) is 0. The van der Waals surface area contributed by atoms with Crippen molar-refractivity contribution in [2.45, 2.75) is 0 Å². The first-order valence-corrected chi connectivity index (χ1v) is 7.98. The zero-order valence-corrected chi connectivity index (χ0v) is 13.4. The van der Waals surface area contributed by atoms with Crippen LogP contribution in [0.4, 0.5) is 0 Å². The molecule has 0 atom stereocenters. The van der Waals surface area contributed by atoms with Gasteiger partial charge in [0.25, 0.3) is 0 Å². The Bertz CT molecular complexity index is 1120. The highest BCUT2D eigenvalue weighted by Crippen LogP contribution is 2.23. The van der Waals surface area contributed by atoms with Crippen LogP contribution in [0.5, 0.6) is 0 Å². The number of aromatic nitrogens is 1. The summed E-state index contributed by atoms with van der Waals surface area (Å²) in [5.74, 6) is -0.143. The Morgan fingerprint density at radius 3 is 2.44 bits per heavy atom. The molecule has 118 valence electrons. The minimum Gasteiger partial charge on any atom is -0.317 e. The Hall–Kier alpha value is -3.64. The minimum atomic E-state index is -0.143. The highest BCUT2D eigenvalue weighted by atomic mass is 16.1. The second kappa shape index (κ2) is 6.10. The molecule has 4 rings (SSSR count). The van der Waals surface area contributed by atoms with Gasteiger partial charge in [-0.25, -0.2) is 0 Å². The summed E-state index contributed by atoms with van der Waals surface area (Å²) in [7, 11) is 0. The molecule has 0 spiro atoms. The normalized spacial score (nSPS) is 10.5. The lowest BCUT2D eigenvalue weighted by Crippen LogP contribution is -2.05. The van der Waals surface area contributed by atoms with Gasteiger partial charge in [-0.05, 0) is 35.7 Å². The monoisotopic (exact) mass is 322 g/mol. The van der Waals surface area contributed by atoms with Crippen molar-refractivity contribution in [2.75, 3.05) is 0 Å². The molecule has 0 radical (unpaired) electrons. The maximum absolute atomic E-state index is 12.9. The van der Waals surface area contributed by atoms with Crippen LogP contribution >= 0.6 is 0 Å². The van der Waals surface area contributed by atoms with Gasteiger partial charge in [0.1, 0.15) is 0 Å². The molecule has 0 fully saturated rings. The van der Waals surface area contributed by atoms with Crippen LogP contribution in [0.1, 0.15) is 21.5 Å². The Labute approximate surface area is 145 Å². The minimum absolute atomic E-state index is 0.143. The number of nitrogens with zero attached hydrogens (tertiary/aromatic N) is 2. The van der Waals surface area contributed by atoms with Gasteiger partial charge in [-0.2, -0.15) is 5.26 Å². The smallest absolute Gasteiger partial charge is 0.194 e. The molecule has 0 amide bonds. The first-order chi connectivity index (χ1) is 12.3. The first kappa shape index (κ1) is 14.9. The molecule has 1 aromatic heterocycles. The van der Waals surface area contributed by atoms with Crippen LogP contribution in [0.2, 0.25) is 0 Å². The molecule has 25 heavy (non-hydrogen) atoms. The molecule has 3 aromatic carbocycles. The maximum Gasteiger partial charge on any atom is 0.194 e. The van der Waals surface area contributed by atoms with Gasteiger partial charge in [-0.15, -0.1) is 0 Å². The summed E-state index contributed by atoms with van der Waals surface area (Å²) < 4.78 is 2.03. The third kappa shape index (κ3) is 2.60. The number of carbonyl (C=O) groups is 1. The highest BCUT2D eigenvalue weighted by molar-refractivity contribution is 6.10. The molecule has 0 unspecified atom stereocenters. The number of hydrogen-bond donors (Lipinski definition) is 0. The van der Waals surface area contributed by atoms with E-state index in [1.54, 1.807) is 24.3 Å². The second-order valence-electron chi connectivity index (χ2n) is 5.78. The molecule has 0 saturated carbocycles. The summed E-state index contributed by atoms with van der Waals surface area (Å²) in [5.41, 5.74) is 3.30. The van der Waals surface area contributed by atoms with Crippen LogP contribution in [0.15, 0.2) is 85.1 Å². The summed E-state index contributed by atoms with van der Waals surface area (Å²) in [6, 6.07) is 26.6. The van der Waals surface area contributed by atoms with Gasteiger partial charge in [0.15, 0.2) is 5.78 Å². The second-order valence-corrected chi connectivity index (χ2v) is 5.78. The molecule has 3 nitrogen and oxygen atoms in total. The summed E-state index contributed by atoms with van der Waals surface area (Å²) >= 11 is 0. The van der Waals surface area contributed by atoms with E-state index in [2.05, 4.69) is 6.07 Å². The van der Waals surface area contributed by atoms with Crippen molar-refractivity contribution in [3.63, 3.8) is 0 Å². The Morgan fingerprint density at radius 1 is 0.880 bits per heavy atom. The average Bonchev–Trinajstić information content (AvgIpc) is 3.12. The third-order valence-corrected chi connectivity index (χ3v) is 4.28. The number of nitriles is 1. The molecule has 1 heterocycles. The summed E-state index contributed by atoms with van der Waals surface area (Å²) in [4.78, 5) is 12.9. The number of ketones is 1. The zero-order chi connectivity index (χ0) is 17.2. The number of carbonyl (C=O) groups excluding carboxylic acids is 1. The van der Waals surface area contributed by atoms with E-state index in [9.17, 15) is 10.1 Å². The van der Waals surface area contributed by atoms with Gasteiger partial charge in [0.2, 0.25) is 0 Å². The molecule has 4 aromatic rings. The first-order valence-electron chi connectivity index (χ1n) is 7.98. The van der Waals surface area contributed by atoms with Gasteiger partial charge < -0.3 is 4.57 Å². The lowest BCUT2D eigenvalue weighted by Gasteiger charge is -2.09. The Kier molecular flexibility index (Phi) is 3.64. The third-order valence-electron chi connectivity index (χ3n) is 4.28. The topological polar surface area (TPSA) is 45.8 Å². The predicted octanol–water partition coefficient (Wildman–Crippen LogP) is 4.73. The van der Waals surface area contributed by atoms with Crippen molar-refractivity contribution in [2.24, 2.45) is 0 Å². The van der Waals surface area contributed by atoms with Gasteiger partial charge in [-0.3, -0.25) is 4.79 Å². The lowest BCUT2D eigenvalue weighted by atomic mass is 9.98. The van der Waals surface area contributed by atoms with E-state index in [0.717, 1.165) is 16.6 Å². The number of fused-ring (bicyclic) bond motifs is 1. The van der Waals surface area contributed by atoms with Crippen LogP contribution in [-0.2, 0) is 0 Å². The van der Waals surface area contributed by atoms with Crippen LogP contribution in [0, 0.1) is 11.3 Å². The summed E-state index contributed by atoms with van der Waals surface area (Å²) in [6.07, 6.45) is 1.98. The number of para-hydroxylation sites is 1. The molecule has 0 N–H and O–H groups in total. The van der Waals surface area contributed by atoms with Crippen LogP contribution in [0.25, 0.3) is 16.6 Å². The Balaban J connectivity index is 1.87. The lowest BCUT2D eigenvalue weighted by molar-refractivity contribution is 0.103. The molecule has 0 saturated heterocycles. The molecule has 0 aliphatic heterocycles. The van der Waals surface area contributed by atoms with Gasteiger partial charge >= 0.3 is 0 Å². The van der Waals surface area contributed by atoms with Crippen molar-refractivity contribution in [3.05, 3.63) is 102 Å². The fourth-order valence-corrected chi connectivity index (χ4v) is 3.02.